The number of benzene rings is 2. The molecule has 6 rings (SSSR count). The van der Waals surface area contributed by atoms with Gasteiger partial charge in [0.05, 0.1) is 0 Å². The molecule has 1 amide bonds. The summed E-state index contributed by atoms with van der Waals surface area (Å²) < 4.78 is 38.8. The molecule has 2 saturated carbocycles. The summed E-state index contributed by atoms with van der Waals surface area (Å²) in [7, 11) is 0. The predicted molar refractivity (Wildman–Crippen MR) is 124 cm³/mol. The lowest BCUT2D eigenvalue weighted by atomic mass is 9.79. The maximum atomic E-state index is 14.0. The van der Waals surface area contributed by atoms with E-state index in [0.29, 0.717) is 17.4 Å². The summed E-state index contributed by atoms with van der Waals surface area (Å²) in [6.07, 6.45) is 0.248. The highest BCUT2D eigenvalue weighted by atomic mass is 19.3. The Morgan fingerprint density at radius 1 is 1.11 bits per heavy atom. The minimum atomic E-state index is -2.84. The van der Waals surface area contributed by atoms with Crippen molar-refractivity contribution in [1.29, 1.82) is 0 Å². The number of aliphatic hydroxyl groups is 1. The highest BCUT2D eigenvalue weighted by Gasteiger charge is 2.59. The fourth-order valence-corrected chi connectivity index (χ4v) is 6.21. The van der Waals surface area contributed by atoms with Gasteiger partial charge in [-0.2, -0.15) is 0 Å². The molecule has 2 N–H and O–H groups in total. The monoisotopic (exact) mass is 484 g/mol. The summed E-state index contributed by atoms with van der Waals surface area (Å²) in [5.74, 6) is -1.95. The molecule has 186 valence electrons. The zero-order valence-electron chi connectivity index (χ0n) is 19.5. The van der Waals surface area contributed by atoms with E-state index in [-0.39, 0.29) is 25.7 Å². The quantitative estimate of drug-likeness (QED) is 0.631. The third-order valence-corrected chi connectivity index (χ3v) is 8.28. The highest BCUT2D eigenvalue weighted by molar-refractivity contribution is 5.87. The molecule has 2 aliphatic heterocycles. The van der Waals surface area contributed by atoms with Crippen molar-refractivity contribution in [2.45, 2.75) is 43.2 Å². The number of hydrogen-bond acceptors (Lipinski definition) is 5. The fraction of sp³-hybridized carbons (Fsp3) is 0.519. The maximum Gasteiger partial charge on any atom is 0.257 e. The third-order valence-electron chi connectivity index (χ3n) is 8.28. The third kappa shape index (κ3) is 4.16. The Balaban J connectivity index is 1.06. The Labute approximate surface area is 203 Å². The number of carbonyl (C=O) groups excluding carboxylic acids is 1. The van der Waals surface area contributed by atoms with Gasteiger partial charge >= 0.3 is 0 Å². The van der Waals surface area contributed by atoms with Gasteiger partial charge in [-0.25, -0.2) is 8.78 Å². The van der Waals surface area contributed by atoms with Gasteiger partial charge in [0.2, 0.25) is 12.7 Å². The van der Waals surface area contributed by atoms with Gasteiger partial charge in [-0.1, -0.05) is 36.4 Å². The molecule has 2 aromatic carbocycles. The molecule has 2 heterocycles. The number of ether oxygens (including phenoxy) is 2. The molecule has 3 fully saturated rings. The van der Waals surface area contributed by atoms with Crippen LogP contribution >= 0.6 is 0 Å². The molecule has 8 heteroatoms. The number of piperidine rings is 1. The van der Waals surface area contributed by atoms with Crippen LogP contribution in [0.2, 0.25) is 0 Å². The van der Waals surface area contributed by atoms with Crippen LogP contribution in [0, 0.1) is 17.8 Å². The van der Waals surface area contributed by atoms with E-state index in [1.165, 1.54) is 5.56 Å². The predicted octanol–water partition coefficient (Wildman–Crippen LogP) is 3.33. The van der Waals surface area contributed by atoms with Crippen LogP contribution in [0.4, 0.5) is 8.78 Å². The van der Waals surface area contributed by atoms with Crippen LogP contribution < -0.4 is 14.8 Å². The first-order valence-corrected chi connectivity index (χ1v) is 12.4. The van der Waals surface area contributed by atoms with Crippen LogP contribution in [0.15, 0.2) is 48.5 Å². The summed E-state index contributed by atoms with van der Waals surface area (Å²) >= 11 is 0. The smallest absolute Gasteiger partial charge is 0.257 e. The Bertz CT molecular complexity index is 1100. The lowest BCUT2D eigenvalue weighted by Crippen LogP contribution is -2.51. The average Bonchev–Trinajstić information content (AvgIpc) is 3.29. The minimum Gasteiger partial charge on any atom is -0.454 e. The normalized spacial score (nSPS) is 30.0. The average molecular weight is 485 g/mol. The zero-order valence-corrected chi connectivity index (χ0v) is 19.5. The second-order valence-electron chi connectivity index (χ2n) is 10.5. The molecule has 3 unspecified atom stereocenters. The second kappa shape index (κ2) is 8.45. The van der Waals surface area contributed by atoms with Gasteiger partial charge in [-0.15, -0.1) is 0 Å². The number of carbonyl (C=O) groups is 1. The van der Waals surface area contributed by atoms with Crippen molar-refractivity contribution in [3.63, 3.8) is 0 Å². The standard InChI is InChI=1S/C27H30F2N2O4/c28-26(29)10-8-19(13-26)27(33,18-4-2-1-3-5-18)25(32)30-24-20-14-31(15-21(20)24)11-9-17-6-7-22-23(12-17)35-16-34-22/h1-7,12,19-21,24,33H,8-11,13-16H2,(H,30,32)/t19?,20-,21+,24?,27?. The van der Waals surface area contributed by atoms with Crippen molar-refractivity contribution in [2.75, 3.05) is 26.4 Å². The van der Waals surface area contributed by atoms with Crippen LogP contribution in [0.5, 0.6) is 11.5 Å². The van der Waals surface area contributed by atoms with Gasteiger partial charge in [0.1, 0.15) is 0 Å². The summed E-state index contributed by atoms with van der Waals surface area (Å²) in [6.45, 7) is 2.94. The molecule has 0 aromatic heterocycles. The number of likely N-dealkylation sites (tertiary alicyclic amines) is 1. The molecule has 5 atom stereocenters. The Morgan fingerprint density at radius 2 is 1.86 bits per heavy atom. The van der Waals surface area contributed by atoms with Gasteiger partial charge in [-0.3, -0.25) is 4.79 Å². The van der Waals surface area contributed by atoms with E-state index in [2.05, 4.69) is 16.3 Å². The van der Waals surface area contributed by atoms with E-state index >= 15 is 0 Å². The number of amides is 1. The first kappa shape index (κ1) is 22.7. The summed E-state index contributed by atoms with van der Waals surface area (Å²) in [5, 5.41) is 14.6. The minimum absolute atomic E-state index is 0.0126. The van der Waals surface area contributed by atoms with Gasteiger partial charge in [-0.05, 0) is 47.9 Å². The van der Waals surface area contributed by atoms with Crippen molar-refractivity contribution in [1.82, 2.24) is 10.2 Å². The number of nitrogens with zero attached hydrogens (tertiary/aromatic N) is 1. The van der Waals surface area contributed by atoms with E-state index < -0.39 is 29.8 Å². The van der Waals surface area contributed by atoms with Crippen LogP contribution in [0.3, 0.4) is 0 Å². The summed E-state index contributed by atoms with van der Waals surface area (Å²) in [5.41, 5.74) is -0.366. The van der Waals surface area contributed by atoms with Crippen LogP contribution in [-0.4, -0.2) is 54.3 Å². The van der Waals surface area contributed by atoms with Crippen LogP contribution in [0.1, 0.15) is 30.4 Å². The fourth-order valence-electron chi connectivity index (χ4n) is 6.21. The number of fused-ring (bicyclic) bond motifs is 2. The lowest BCUT2D eigenvalue weighted by Gasteiger charge is -2.33. The van der Waals surface area contributed by atoms with Gasteiger partial charge in [0, 0.05) is 44.4 Å². The van der Waals surface area contributed by atoms with Crippen molar-refractivity contribution >= 4 is 5.91 Å². The van der Waals surface area contributed by atoms with E-state index in [4.69, 9.17) is 9.47 Å². The molecule has 4 aliphatic rings. The first-order chi connectivity index (χ1) is 16.8. The van der Waals surface area contributed by atoms with Gasteiger partial charge in [0.25, 0.3) is 5.91 Å². The largest absolute Gasteiger partial charge is 0.454 e. The summed E-state index contributed by atoms with van der Waals surface area (Å²) in [4.78, 5) is 15.8. The molecule has 0 bridgehead atoms. The molecule has 0 spiro atoms. The molecule has 6 nitrogen and oxygen atoms in total. The van der Waals surface area contributed by atoms with E-state index in [0.717, 1.165) is 37.6 Å². The Kier molecular flexibility index (Phi) is 5.49. The number of alkyl halides is 2. The van der Waals surface area contributed by atoms with Crippen molar-refractivity contribution in [3.05, 3.63) is 59.7 Å². The van der Waals surface area contributed by atoms with E-state index in [1.807, 2.05) is 12.1 Å². The van der Waals surface area contributed by atoms with Gasteiger partial charge in [0.15, 0.2) is 17.1 Å². The highest BCUT2D eigenvalue weighted by Crippen LogP contribution is 2.49. The molecule has 2 aromatic rings. The molecular weight excluding hydrogens is 454 g/mol. The van der Waals surface area contributed by atoms with E-state index in [1.54, 1.807) is 30.3 Å². The van der Waals surface area contributed by atoms with Gasteiger partial charge < -0.3 is 24.8 Å². The van der Waals surface area contributed by atoms with Crippen LogP contribution in [0.25, 0.3) is 0 Å². The number of rotatable bonds is 7. The van der Waals surface area contributed by atoms with Crippen molar-refractivity contribution in [3.8, 4) is 11.5 Å². The van der Waals surface area contributed by atoms with Crippen molar-refractivity contribution in [2.24, 2.45) is 17.8 Å². The molecular formula is C27H30F2N2O4. The maximum absolute atomic E-state index is 14.0. The molecule has 1 saturated heterocycles. The first-order valence-electron chi connectivity index (χ1n) is 12.4. The second-order valence-corrected chi connectivity index (χ2v) is 10.5. The topological polar surface area (TPSA) is 71.0 Å². The molecule has 2 aliphatic carbocycles. The zero-order chi connectivity index (χ0) is 24.2. The number of halogens is 2. The Hall–Kier alpha value is -2.71. The molecule has 35 heavy (non-hydrogen) atoms. The molecule has 0 radical (unpaired) electrons. The lowest BCUT2D eigenvalue weighted by molar-refractivity contribution is -0.149. The van der Waals surface area contributed by atoms with E-state index in [9.17, 15) is 18.7 Å². The Morgan fingerprint density at radius 3 is 2.57 bits per heavy atom. The number of hydrogen-bond donors (Lipinski definition) is 2. The number of nitrogens with one attached hydrogen (secondary N) is 1. The SMILES string of the molecule is O=C(NC1[C@H]2CN(CCc3ccc4c(c3)OCO4)C[C@@H]12)C(O)(c1ccccc1)C1CCC(F)(F)C1. The van der Waals surface area contributed by atoms with Crippen LogP contribution in [-0.2, 0) is 16.8 Å². The van der Waals surface area contributed by atoms with Crippen molar-refractivity contribution < 1.29 is 28.2 Å². The summed E-state index contributed by atoms with van der Waals surface area (Å²) in [6, 6.07) is 14.6.